The summed E-state index contributed by atoms with van der Waals surface area (Å²) >= 11 is 0. The predicted molar refractivity (Wildman–Crippen MR) is 248 cm³/mol. The molecule has 13 rings (SSSR count). The summed E-state index contributed by atoms with van der Waals surface area (Å²) in [6, 6.07) is 70.5. The first-order valence-electron chi connectivity index (χ1n) is 20.3. The first-order chi connectivity index (χ1) is 29.3. The molecule has 0 bridgehead atoms. The van der Waals surface area contributed by atoms with Crippen LogP contribution in [-0.4, -0.2) is 9.13 Å². The van der Waals surface area contributed by atoms with Crippen LogP contribution in [0.2, 0.25) is 0 Å². The Morgan fingerprint density at radius 1 is 0.356 bits per heavy atom. The van der Waals surface area contributed by atoms with Gasteiger partial charge in [-0.3, -0.25) is 0 Å². The van der Waals surface area contributed by atoms with Gasteiger partial charge in [-0.1, -0.05) is 152 Å². The summed E-state index contributed by atoms with van der Waals surface area (Å²) in [5.74, 6) is 0. The molecular formula is C56H34N2O. The topological polar surface area (TPSA) is 23.0 Å². The Bertz CT molecular complexity index is 3720. The van der Waals surface area contributed by atoms with Crippen LogP contribution in [0.5, 0.6) is 0 Å². The second-order valence-corrected chi connectivity index (χ2v) is 15.7. The Morgan fingerprint density at radius 3 is 1.88 bits per heavy atom. The molecule has 12 aromatic rings. The number of hydrogen-bond acceptors (Lipinski definition) is 1. The van der Waals surface area contributed by atoms with Crippen molar-refractivity contribution in [3.05, 3.63) is 205 Å². The van der Waals surface area contributed by atoms with Crippen molar-refractivity contribution < 1.29 is 4.42 Å². The third-order valence-corrected chi connectivity index (χ3v) is 12.5. The van der Waals surface area contributed by atoms with Crippen LogP contribution in [0.1, 0.15) is 11.1 Å². The molecule has 59 heavy (non-hydrogen) atoms. The van der Waals surface area contributed by atoms with Gasteiger partial charge in [0.15, 0.2) is 0 Å². The van der Waals surface area contributed by atoms with Crippen LogP contribution in [0, 0.1) is 0 Å². The summed E-state index contributed by atoms with van der Waals surface area (Å²) in [5.41, 5.74) is 18.4. The number of benzene rings is 9. The zero-order valence-corrected chi connectivity index (χ0v) is 31.9. The van der Waals surface area contributed by atoms with Gasteiger partial charge in [0.05, 0.1) is 27.8 Å². The van der Waals surface area contributed by atoms with Gasteiger partial charge in [-0.25, -0.2) is 0 Å². The first-order valence-corrected chi connectivity index (χ1v) is 20.3. The molecule has 0 N–H and O–H groups in total. The van der Waals surface area contributed by atoms with Crippen LogP contribution >= 0.6 is 0 Å². The van der Waals surface area contributed by atoms with Gasteiger partial charge in [0.25, 0.3) is 0 Å². The average Bonchev–Trinajstić information content (AvgIpc) is 3.92. The van der Waals surface area contributed by atoms with Crippen molar-refractivity contribution in [1.82, 2.24) is 9.13 Å². The lowest BCUT2D eigenvalue weighted by Gasteiger charge is -2.15. The number of rotatable bonds is 4. The zero-order chi connectivity index (χ0) is 38.6. The lowest BCUT2D eigenvalue weighted by atomic mass is 9.93. The van der Waals surface area contributed by atoms with Crippen LogP contribution in [0.15, 0.2) is 199 Å². The Labute approximate surface area is 339 Å². The Morgan fingerprint density at radius 2 is 1.02 bits per heavy atom. The lowest BCUT2D eigenvalue weighted by Crippen LogP contribution is -1.98. The van der Waals surface area contributed by atoms with Crippen molar-refractivity contribution in [3.8, 4) is 44.8 Å². The quantitative estimate of drug-likeness (QED) is 0.176. The number of aromatic nitrogens is 2. The molecule has 4 heterocycles. The van der Waals surface area contributed by atoms with E-state index < -0.39 is 0 Å². The first kappa shape index (κ1) is 32.2. The molecular weight excluding hydrogens is 717 g/mol. The van der Waals surface area contributed by atoms with E-state index in [0.29, 0.717) is 0 Å². The van der Waals surface area contributed by atoms with E-state index in [1.807, 2.05) is 6.07 Å². The molecule has 0 saturated carbocycles. The van der Waals surface area contributed by atoms with Crippen LogP contribution in [0.4, 0.5) is 0 Å². The minimum atomic E-state index is 0.911. The Hall–Kier alpha value is -7.88. The van der Waals surface area contributed by atoms with E-state index in [9.17, 15) is 0 Å². The maximum absolute atomic E-state index is 6.48. The molecule has 0 spiro atoms. The molecule has 0 aliphatic carbocycles. The molecule has 1 aliphatic rings. The van der Waals surface area contributed by atoms with E-state index in [4.69, 9.17) is 4.42 Å². The molecule has 0 atom stereocenters. The average molecular weight is 751 g/mol. The van der Waals surface area contributed by atoms with E-state index in [1.165, 1.54) is 88.4 Å². The SMILES string of the molecule is C1=Cc2c(-c3cccc(-c4cccc5c4oc4ccccc45)c3)ccc3c4ccccc4n(c23)-c2cc(-c3ccc4c(c3)c3ccccc3n4-c3ccccc3)ccc21. The van der Waals surface area contributed by atoms with Gasteiger partial charge in [-0.15, -0.1) is 0 Å². The molecule has 0 radical (unpaired) electrons. The molecule has 0 saturated heterocycles. The maximum atomic E-state index is 6.48. The van der Waals surface area contributed by atoms with E-state index in [1.54, 1.807) is 0 Å². The molecule has 3 heteroatoms. The molecule has 0 unspecified atom stereocenters. The molecule has 0 amide bonds. The van der Waals surface area contributed by atoms with E-state index in [-0.39, 0.29) is 0 Å². The summed E-state index contributed by atoms with van der Waals surface area (Å²) in [6.07, 6.45) is 4.63. The zero-order valence-electron chi connectivity index (χ0n) is 31.9. The number of nitrogens with zero attached hydrogens (tertiary/aromatic N) is 2. The van der Waals surface area contributed by atoms with Crippen LogP contribution < -0.4 is 0 Å². The van der Waals surface area contributed by atoms with E-state index in [0.717, 1.165) is 33.1 Å². The van der Waals surface area contributed by atoms with Crippen LogP contribution in [-0.2, 0) is 0 Å². The smallest absolute Gasteiger partial charge is 0.143 e. The van der Waals surface area contributed by atoms with Gasteiger partial charge in [-0.2, -0.15) is 0 Å². The monoisotopic (exact) mass is 750 g/mol. The minimum absolute atomic E-state index is 0.911. The van der Waals surface area contributed by atoms with Gasteiger partial charge in [-0.05, 0) is 88.0 Å². The Kier molecular flexibility index (Phi) is 6.72. The number of furan rings is 1. The fourth-order valence-electron chi connectivity index (χ4n) is 9.82. The fourth-order valence-corrected chi connectivity index (χ4v) is 9.82. The standard InChI is InChI=1S/C56H34N2O/c1-2-14-40(15-3-1)57-50-21-7-5-17-44(50)49-33-36(27-31-52(49)57)37-25-24-35-26-28-46-41(29-30-47-43-16-4-8-22-51(43)58(55(46)47)53(35)34-37)38-12-10-13-39(32-38)42-19-11-20-48-45-18-6-9-23-54(45)59-56(42)48/h1-34H. The maximum Gasteiger partial charge on any atom is 0.143 e. The molecule has 1 aliphatic heterocycles. The van der Waals surface area contributed by atoms with Crippen LogP contribution in [0.3, 0.4) is 0 Å². The molecule has 0 fully saturated rings. The lowest BCUT2D eigenvalue weighted by molar-refractivity contribution is 0.670. The Balaban J connectivity index is 0.991. The van der Waals surface area contributed by atoms with E-state index in [2.05, 4.69) is 209 Å². The molecule has 274 valence electrons. The summed E-state index contributed by atoms with van der Waals surface area (Å²) in [7, 11) is 0. The predicted octanol–water partition coefficient (Wildman–Crippen LogP) is 15.3. The highest BCUT2D eigenvalue weighted by Gasteiger charge is 2.22. The van der Waals surface area contributed by atoms with Crippen molar-refractivity contribution in [2.45, 2.75) is 0 Å². The highest BCUT2D eigenvalue weighted by molar-refractivity contribution is 6.16. The highest BCUT2D eigenvalue weighted by Crippen LogP contribution is 2.44. The van der Waals surface area contributed by atoms with Crippen molar-refractivity contribution in [1.29, 1.82) is 0 Å². The minimum Gasteiger partial charge on any atom is -0.455 e. The summed E-state index contributed by atoms with van der Waals surface area (Å²) in [6.45, 7) is 0. The third-order valence-electron chi connectivity index (χ3n) is 12.5. The summed E-state index contributed by atoms with van der Waals surface area (Å²) < 4.78 is 11.4. The van der Waals surface area contributed by atoms with Gasteiger partial charge in [0.1, 0.15) is 11.2 Å². The number of para-hydroxylation sites is 5. The highest BCUT2D eigenvalue weighted by atomic mass is 16.3. The second-order valence-electron chi connectivity index (χ2n) is 15.7. The second kappa shape index (κ2) is 12.3. The largest absolute Gasteiger partial charge is 0.455 e. The normalized spacial score (nSPS) is 12.3. The molecule has 9 aromatic carbocycles. The van der Waals surface area contributed by atoms with Crippen LogP contribution in [0.25, 0.3) is 122 Å². The van der Waals surface area contributed by atoms with E-state index >= 15 is 0 Å². The third kappa shape index (κ3) is 4.70. The van der Waals surface area contributed by atoms with Gasteiger partial charge in [0.2, 0.25) is 0 Å². The van der Waals surface area contributed by atoms with Gasteiger partial charge < -0.3 is 13.6 Å². The molecule has 3 aromatic heterocycles. The van der Waals surface area contributed by atoms with Gasteiger partial charge in [0, 0.05) is 49.1 Å². The molecule has 3 nitrogen and oxygen atoms in total. The van der Waals surface area contributed by atoms with Crippen molar-refractivity contribution in [2.24, 2.45) is 0 Å². The van der Waals surface area contributed by atoms with Crippen molar-refractivity contribution >= 4 is 77.7 Å². The summed E-state index contributed by atoms with van der Waals surface area (Å²) in [4.78, 5) is 0. The number of hydrogen-bond donors (Lipinski definition) is 0. The number of fused-ring (bicyclic) bond motifs is 11. The summed E-state index contributed by atoms with van der Waals surface area (Å²) in [5, 5.41) is 7.29. The van der Waals surface area contributed by atoms with Crippen molar-refractivity contribution in [3.63, 3.8) is 0 Å². The fraction of sp³-hybridized carbons (Fsp3) is 0. The van der Waals surface area contributed by atoms with Crippen molar-refractivity contribution in [2.75, 3.05) is 0 Å². The van der Waals surface area contributed by atoms with Gasteiger partial charge >= 0.3 is 0 Å².